The zero-order valence-corrected chi connectivity index (χ0v) is 14.7. The molecule has 0 fully saturated rings. The molecule has 136 valence electrons. The van der Waals surface area contributed by atoms with Gasteiger partial charge in [0.2, 0.25) is 0 Å². The van der Waals surface area contributed by atoms with Crippen LogP contribution in [0.4, 0.5) is 5.69 Å². The molecule has 1 aromatic carbocycles. The number of hydrogen-bond acceptors (Lipinski definition) is 8. The quantitative estimate of drug-likeness (QED) is 0.429. The molecule has 2 atom stereocenters. The Hall–Kier alpha value is -2.34. The number of aromatic amines is 1. The molecule has 9 nitrogen and oxygen atoms in total. The van der Waals surface area contributed by atoms with Gasteiger partial charge in [0, 0.05) is 23.2 Å². The third kappa shape index (κ3) is 3.90. The van der Waals surface area contributed by atoms with Crippen molar-refractivity contribution in [3.63, 3.8) is 0 Å². The van der Waals surface area contributed by atoms with E-state index in [2.05, 4.69) is 4.98 Å². The highest BCUT2D eigenvalue weighted by atomic mass is 33.1. The lowest BCUT2D eigenvalue weighted by atomic mass is 10.3. The molecule has 2 N–H and O–H groups in total. The second-order valence-corrected chi connectivity index (χ2v) is 7.43. The first-order chi connectivity index (χ1) is 12.5. The summed E-state index contributed by atoms with van der Waals surface area (Å²) in [5, 5.41) is 20.5. The Morgan fingerprint density at radius 1 is 1.27 bits per heavy atom. The summed E-state index contributed by atoms with van der Waals surface area (Å²) in [5.74, 6) is 0. The van der Waals surface area contributed by atoms with E-state index in [0.717, 1.165) is 10.8 Å². The van der Waals surface area contributed by atoms with E-state index in [9.17, 15) is 24.8 Å². The molecule has 2 aromatic rings. The molecular formula is C15H13N3O6S2. The van der Waals surface area contributed by atoms with Gasteiger partial charge in [0.25, 0.3) is 11.2 Å². The van der Waals surface area contributed by atoms with E-state index in [0.29, 0.717) is 9.80 Å². The second-order valence-electron chi connectivity index (χ2n) is 5.19. The minimum absolute atomic E-state index is 0.0269. The number of para-hydroxylation sites is 1. The molecule has 3 rings (SSSR count). The predicted molar refractivity (Wildman–Crippen MR) is 96.9 cm³/mol. The summed E-state index contributed by atoms with van der Waals surface area (Å²) in [6.07, 6.45) is 1.49. The third-order valence-electron chi connectivity index (χ3n) is 3.47. The van der Waals surface area contributed by atoms with Crippen molar-refractivity contribution in [1.82, 2.24) is 9.55 Å². The van der Waals surface area contributed by atoms with E-state index in [1.807, 2.05) is 0 Å². The maximum absolute atomic E-state index is 12.0. The number of benzene rings is 1. The molecule has 0 spiro atoms. The summed E-state index contributed by atoms with van der Waals surface area (Å²) < 4.78 is 6.82. The molecule has 0 aliphatic carbocycles. The van der Waals surface area contributed by atoms with Crippen molar-refractivity contribution in [3.05, 3.63) is 78.5 Å². The van der Waals surface area contributed by atoms with E-state index >= 15 is 0 Å². The van der Waals surface area contributed by atoms with E-state index in [-0.39, 0.29) is 12.3 Å². The van der Waals surface area contributed by atoms with Gasteiger partial charge in [0.1, 0.15) is 6.10 Å². The Bertz CT molecular complexity index is 970. The van der Waals surface area contributed by atoms with Crippen molar-refractivity contribution in [2.24, 2.45) is 0 Å². The Labute approximate surface area is 154 Å². The van der Waals surface area contributed by atoms with Crippen LogP contribution in [-0.2, 0) is 4.74 Å². The number of aliphatic hydroxyl groups excluding tert-OH is 1. The summed E-state index contributed by atoms with van der Waals surface area (Å²) in [7, 11) is 2.34. The number of nitro benzene ring substituents is 1. The van der Waals surface area contributed by atoms with Crippen LogP contribution < -0.4 is 11.2 Å². The first-order valence-electron chi connectivity index (χ1n) is 7.37. The average Bonchev–Trinajstić information content (AvgIpc) is 3.03. The zero-order chi connectivity index (χ0) is 18.7. The maximum atomic E-state index is 12.0. The van der Waals surface area contributed by atoms with E-state index in [4.69, 9.17) is 4.74 Å². The zero-order valence-electron chi connectivity index (χ0n) is 13.1. The van der Waals surface area contributed by atoms with Crippen LogP contribution in [0.1, 0.15) is 6.23 Å². The van der Waals surface area contributed by atoms with Crippen LogP contribution in [0, 0.1) is 10.1 Å². The van der Waals surface area contributed by atoms with Crippen LogP contribution in [0.25, 0.3) is 0 Å². The van der Waals surface area contributed by atoms with Gasteiger partial charge in [-0.15, -0.1) is 0 Å². The molecular weight excluding hydrogens is 382 g/mol. The Morgan fingerprint density at radius 2 is 2.04 bits per heavy atom. The molecule has 1 aliphatic heterocycles. The molecule has 0 saturated heterocycles. The number of nitrogens with one attached hydrogen (secondary N) is 1. The molecule has 1 aliphatic rings. The predicted octanol–water partition coefficient (Wildman–Crippen LogP) is 1.66. The smallest absolute Gasteiger partial charge is 0.330 e. The third-order valence-corrected chi connectivity index (χ3v) is 5.97. The average molecular weight is 395 g/mol. The highest BCUT2D eigenvalue weighted by Crippen LogP contribution is 2.47. The Balaban J connectivity index is 1.86. The minimum atomic E-state index is -0.836. The van der Waals surface area contributed by atoms with Crippen LogP contribution in [0.5, 0.6) is 0 Å². The highest BCUT2D eigenvalue weighted by molar-refractivity contribution is 8.78. The molecule has 0 radical (unpaired) electrons. The standard InChI is InChI=1S/C15H13N3O6S2/c19-8-9-7-12(14(24-9)17-6-5-13(20)16-15(17)21)26-25-11-4-2-1-3-10(11)18(22)23/h1-7,9,14,19H,8H2,(H,16,20,21)/t9-,14+/m0/s1. The van der Waals surface area contributed by atoms with Crippen molar-refractivity contribution in [3.8, 4) is 0 Å². The fourth-order valence-corrected chi connectivity index (χ4v) is 4.69. The topological polar surface area (TPSA) is 127 Å². The Kier molecular flexibility index (Phi) is 5.61. The largest absolute Gasteiger partial charge is 0.393 e. The number of H-pyrrole nitrogens is 1. The lowest BCUT2D eigenvalue weighted by molar-refractivity contribution is -0.387. The molecule has 0 amide bonds. The normalized spacial score (nSPS) is 19.3. The number of aliphatic hydroxyl groups is 1. The highest BCUT2D eigenvalue weighted by Gasteiger charge is 2.30. The summed E-state index contributed by atoms with van der Waals surface area (Å²) in [6, 6.07) is 7.49. The molecule has 0 bridgehead atoms. The van der Waals surface area contributed by atoms with Crippen molar-refractivity contribution < 1.29 is 14.8 Å². The fourth-order valence-electron chi connectivity index (χ4n) is 2.29. The molecule has 26 heavy (non-hydrogen) atoms. The first kappa shape index (κ1) is 18.5. The van der Waals surface area contributed by atoms with Gasteiger partial charge in [-0.05, 0) is 22.9 Å². The molecule has 1 aromatic heterocycles. The SMILES string of the molecule is O=c1ccn([C@@H]2O[C@H](CO)C=C2SSc2ccccc2[N+](=O)[O-])c(=O)[nH]1. The first-order valence-corrected chi connectivity index (χ1v) is 9.52. The van der Waals surface area contributed by atoms with Crippen molar-refractivity contribution >= 4 is 27.3 Å². The van der Waals surface area contributed by atoms with Crippen molar-refractivity contribution in [2.75, 3.05) is 6.61 Å². The summed E-state index contributed by atoms with van der Waals surface area (Å²) in [5.41, 5.74) is -1.21. The molecule has 0 unspecified atom stereocenters. The van der Waals surface area contributed by atoms with Crippen molar-refractivity contribution in [1.29, 1.82) is 0 Å². The van der Waals surface area contributed by atoms with E-state index in [1.54, 1.807) is 24.3 Å². The number of rotatable bonds is 6. The van der Waals surface area contributed by atoms with E-state index in [1.165, 1.54) is 33.7 Å². The van der Waals surface area contributed by atoms with E-state index < -0.39 is 28.5 Å². The summed E-state index contributed by atoms with van der Waals surface area (Å²) in [4.78, 5) is 37.1. The molecule has 11 heteroatoms. The number of nitro groups is 1. The molecule has 0 saturated carbocycles. The minimum Gasteiger partial charge on any atom is -0.393 e. The monoisotopic (exact) mass is 395 g/mol. The van der Waals surface area contributed by atoms with Gasteiger partial charge in [0.05, 0.1) is 16.4 Å². The fraction of sp³-hybridized carbons (Fsp3) is 0.200. The lowest BCUT2D eigenvalue weighted by Gasteiger charge is -2.17. The van der Waals surface area contributed by atoms with Crippen LogP contribution >= 0.6 is 21.6 Å². The van der Waals surface area contributed by atoms with Crippen LogP contribution in [-0.4, -0.2) is 32.3 Å². The Morgan fingerprint density at radius 3 is 2.73 bits per heavy atom. The summed E-state index contributed by atoms with van der Waals surface area (Å²) in [6.45, 7) is -0.283. The van der Waals surface area contributed by atoms with Gasteiger partial charge in [-0.2, -0.15) is 0 Å². The number of hydrogen-bond donors (Lipinski definition) is 2. The van der Waals surface area contributed by atoms with Gasteiger partial charge < -0.3 is 9.84 Å². The van der Waals surface area contributed by atoms with Crippen LogP contribution in [0.3, 0.4) is 0 Å². The van der Waals surface area contributed by atoms with Crippen LogP contribution in [0.15, 0.2) is 62.0 Å². The van der Waals surface area contributed by atoms with Gasteiger partial charge in [-0.1, -0.05) is 22.9 Å². The molecule has 2 heterocycles. The van der Waals surface area contributed by atoms with Gasteiger partial charge in [-0.3, -0.25) is 24.5 Å². The maximum Gasteiger partial charge on any atom is 0.330 e. The number of ether oxygens (including phenoxy) is 1. The van der Waals surface area contributed by atoms with Crippen molar-refractivity contribution in [2.45, 2.75) is 17.2 Å². The lowest BCUT2D eigenvalue weighted by Crippen LogP contribution is -2.32. The summed E-state index contributed by atoms with van der Waals surface area (Å²) >= 11 is 0. The second kappa shape index (κ2) is 7.91. The number of nitrogens with zero attached hydrogens (tertiary/aromatic N) is 2. The van der Waals surface area contributed by atoms with Gasteiger partial charge in [0.15, 0.2) is 6.23 Å². The van der Waals surface area contributed by atoms with Crippen LogP contribution in [0.2, 0.25) is 0 Å². The van der Waals surface area contributed by atoms with Gasteiger partial charge in [-0.25, -0.2) is 4.79 Å². The number of aromatic nitrogens is 2. The van der Waals surface area contributed by atoms with Gasteiger partial charge >= 0.3 is 5.69 Å².